The summed E-state index contributed by atoms with van der Waals surface area (Å²) < 4.78 is 0. The van der Waals surface area contributed by atoms with Crippen molar-refractivity contribution >= 4 is 17.3 Å². The summed E-state index contributed by atoms with van der Waals surface area (Å²) in [6.07, 6.45) is 3.89. The van der Waals surface area contributed by atoms with E-state index in [1.807, 2.05) is 29.2 Å². The van der Waals surface area contributed by atoms with Crippen molar-refractivity contribution in [2.24, 2.45) is 0 Å². The van der Waals surface area contributed by atoms with Crippen molar-refractivity contribution in [1.82, 2.24) is 4.90 Å². The molecule has 0 radical (unpaired) electrons. The van der Waals surface area contributed by atoms with Crippen LogP contribution in [0.5, 0.6) is 0 Å². The number of likely N-dealkylation sites (tertiary alicyclic amines) is 1. The van der Waals surface area contributed by atoms with E-state index in [1.165, 1.54) is 0 Å². The van der Waals surface area contributed by atoms with E-state index in [0.29, 0.717) is 13.0 Å². The number of hydrogen-bond acceptors (Lipinski definition) is 4. The third-order valence-electron chi connectivity index (χ3n) is 4.42. The summed E-state index contributed by atoms with van der Waals surface area (Å²) in [4.78, 5) is 14.8. The molecule has 1 aromatic rings. The zero-order valence-corrected chi connectivity index (χ0v) is 12.2. The van der Waals surface area contributed by atoms with Crippen LogP contribution in [0.3, 0.4) is 0 Å². The van der Waals surface area contributed by atoms with E-state index in [-0.39, 0.29) is 24.6 Å². The SMILES string of the molecule is O=C(C1CNc2ccccc2N1)N1CCCCC1CCO. The molecule has 2 aliphatic rings. The van der Waals surface area contributed by atoms with Crippen molar-refractivity contribution in [3.05, 3.63) is 24.3 Å². The van der Waals surface area contributed by atoms with E-state index in [0.717, 1.165) is 37.2 Å². The molecule has 2 unspecified atom stereocenters. The van der Waals surface area contributed by atoms with Crippen molar-refractivity contribution in [3.63, 3.8) is 0 Å². The highest BCUT2D eigenvalue weighted by atomic mass is 16.3. The molecule has 0 bridgehead atoms. The molecule has 114 valence electrons. The van der Waals surface area contributed by atoms with Gasteiger partial charge in [-0.1, -0.05) is 12.1 Å². The summed E-state index contributed by atoms with van der Waals surface area (Å²) in [6.45, 7) is 1.56. The standard InChI is InChI=1S/C16H23N3O2/c20-10-8-12-5-3-4-9-19(12)16(21)15-11-17-13-6-1-2-7-14(13)18-15/h1-2,6-7,12,15,17-18,20H,3-5,8-11H2. The van der Waals surface area contributed by atoms with Gasteiger partial charge in [0.25, 0.3) is 0 Å². The number of nitrogens with one attached hydrogen (secondary N) is 2. The molecule has 21 heavy (non-hydrogen) atoms. The molecule has 1 fully saturated rings. The Morgan fingerprint density at radius 2 is 2.10 bits per heavy atom. The maximum atomic E-state index is 12.8. The van der Waals surface area contributed by atoms with Gasteiger partial charge < -0.3 is 20.6 Å². The monoisotopic (exact) mass is 289 g/mol. The summed E-state index contributed by atoms with van der Waals surface area (Å²) >= 11 is 0. The number of carbonyl (C=O) groups excluding carboxylic acids is 1. The molecule has 5 nitrogen and oxygen atoms in total. The lowest BCUT2D eigenvalue weighted by Gasteiger charge is -2.39. The van der Waals surface area contributed by atoms with Gasteiger partial charge in [-0.3, -0.25) is 4.79 Å². The highest BCUT2D eigenvalue weighted by Gasteiger charge is 2.32. The molecule has 1 aromatic carbocycles. The van der Waals surface area contributed by atoms with Crippen molar-refractivity contribution in [2.45, 2.75) is 37.8 Å². The molecule has 5 heteroatoms. The molecule has 1 amide bonds. The van der Waals surface area contributed by atoms with Crippen LogP contribution in [0.25, 0.3) is 0 Å². The third kappa shape index (κ3) is 2.97. The highest BCUT2D eigenvalue weighted by molar-refractivity contribution is 5.89. The zero-order valence-electron chi connectivity index (χ0n) is 12.2. The first kappa shape index (κ1) is 14.2. The van der Waals surface area contributed by atoms with E-state index < -0.39 is 0 Å². The van der Waals surface area contributed by atoms with Gasteiger partial charge in [-0.05, 0) is 37.8 Å². The molecule has 0 aliphatic carbocycles. The Hall–Kier alpha value is -1.75. The van der Waals surface area contributed by atoms with Gasteiger partial charge in [-0.15, -0.1) is 0 Å². The van der Waals surface area contributed by atoms with Crippen LogP contribution in [0.4, 0.5) is 11.4 Å². The zero-order chi connectivity index (χ0) is 14.7. The predicted octanol–water partition coefficient (Wildman–Crippen LogP) is 1.66. The Bertz CT molecular complexity index is 504. The van der Waals surface area contributed by atoms with Crippen LogP contribution in [-0.4, -0.2) is 47.7 Å². The van der Waals surface area contributed by atoms with Gasteiger partial charge in [0.1, 0.15) is 6.04 Å². The number of piperidine rings is 1. The third-order valence-corrected chi connectivity index (χ3v) is 4.42. The first-order valence-corrected chi connectivity index (χ1v) is 7.80. The molecule has 3 rings (SSSR count). The number of nitrogens with zero attached hydrogens (tertiary/aromatic N) is 1. The average molecular weight is 289 g/mol. The molecule has 0 spiro atoms. The second-order valence-corrected chi connectivity index (χ2v) is 5.82. The number of fused-ring (bicyclic) bond motifs is 1. The Kier molecular flexibility index (Phi) is 4.29. The minimum absolute atomic E-state index is 0.146. The smallest absolute Gasteiger partial charge is 0.247 e. The fraction of sp³-hybridized carbons (Fsp3) is 0.562. The van der Waals surface area contributed by atoms with Gasteiger partial charge in [-0.2, -0.15) is 0 Å². The Morgan fingerprint density at radius 1 is 1.29 bits per heavy atom. The van der Waals surface area contributed by atoms with Gasteiger partial charge in [-0.25, -0.2) is 0 Å². The van der Waals surface area contributed by atoms with Gasteiger partial charge in [0, 0.05) is 25.7 Å². The molecular formula is C16H23N3O2. The lowest BCUT2D eigenvalue weighted by Crippen LogP contribution is -2.53. The molecular weight excluding hydrogens is 266 g/mol. The van der Waals surface area contributed by atoms with Crippen LogP contribution in [0, 0.1) is 0 Å². The fourth-order valence-corrected chi connectivity index (χ4v) is 3.30. The molecule has 2 aliphatic heterocycles. The van der Waals surface area contributed by atoms with E-state index in [9.17, 15) is 9.90 Å². The minimum Gasteiger partial charge on any atom is -0.396 e. The fourth-order valence-electron chi connectivity index (χ4n) is 3.30. The van der Waals surface area contributed by atoms with Gasteiger partial charge >= 0.3 is 0 Å². The highest BCUT2D eigenvalue weighted by Crippen LogP contribution is 2.27. The maximum absolute atomic E-state index is 12.8. The molecule has 2 heterocycles. The number of benzene rings is 1. The predicted molar refractivity (Wildman–Crippen MR) is 83.4 cm³/mol. The molecule has 0 aromatic heterocycles. The van der Waals surface area contributed by atoms with Crippen LogP contribution in [0.15, 0.2) is 24.3 Å². The number of anilines is 2. The number of hydrogen-bond donors (Lipinski definition) is 3. The minimum atomic E-state index is -0.223. The largest absolute Gasteiger partial charge is 0.396 e. The van der Waals surface area contributed by atoms with E-state index in [1.54, 1.807) is 0 Å². The van der Waals surface area contributed by atoms with Crippen LogP contribution in [-0.2, 0) is 4.79 Å². The van der Waals surface area contributed by atoms with Crippen molar-refractivity contribution in [3.8, 4) is 0 Å². The normalized spacial score (nSPS) is 24.7. The van der Waals surface area contributed by atoms with Crippen LogP contribution in [0.2, 0.25) is 0 Å². The Balaban J connectivity index is 1.70. The van der Waals surface area contributed by atoms with Crippen molar-refractivity contribution in [1.29, 1.82) is 0 Å². The Labute approximate surface area is 125 Å². The number of aliphatic hydroxyl groups excluding tert-OH is 1. The molecule has 0 saturated carbocycles. The second kappa shape index (κ2) is 6.35. The topological polar surface area (TPSA) is 64.6 Å². The lowest BCUT2D eigenvalue weighted by atomic mass is 9.98. The first-order valence-electron chi connectivity index (χ1n) is 7.80. The summed E-state index contributed by atoms with van der Waals surface area (Å²) in [5.41, 5.74) is 2.03. The second-order valence-electron chi connectivity index (χ2n) is 5.82. The van der Waals surface area contributed by atoms with Crippen LogP contribution in [0.1, 0.15) is 25.7 Å². The summed E-state index contributed by atoms with van der Waals surface area (Å²) in [5.74, 6) is 0.148. The molecule has 3 N–H and O–H groups in total. The lowest BCUT2D eigenvalue weighted by molar-refractivity contribution is -0.135. The van der Waals surface area contributed by atoms with E-state index >= 15 is 0 Å². The number of para-hydroxylation sites is 2. The maximum Gasteiger partial charge on any atom is 0.247 e. The van der Waals surface area contributed by atoms with Crippen LogP contribution < -0.4 is 10.6 Å². The number of aliphatic hydroxyl groups is 1. The average Bonchev–Trinajstić information content (AvgIpc) is 2.54. The number of rotatable bonds is 3. The molecule has 2 atom stereocenters. The summed E-state index contributed by atoms with van der Waals surface area (Å²) in [7, 11) is 0. The first-order chi connectivity index (χ1) is 10.3. The quantitative estimate of drug-likeness (QED) is 0.792. The van der Waals surface area contributed by atoms with Crippen molar-refractivity contribution in [2.75, 3.05) is 30.3 Å². The molecule has 1 saturated heterocycles. The number of carbonyl (C=O) groups is 1. The Morgan fingerprint density at radius 3 is 2.90 bits per heavy atom. The summed E-state index contributed by atoms with van der Waals surface area (Å²) in [6, 6.07) is 7.92. The van der Waals surface area contributed by atoms with E-state index in [2.05, 4.69) is 10.6 Å². The van der Waals surface area contributed by atoms with Crippen molar-refractivity contribution < 1.29 is 9.90 Å². The van der Waals surface area contributed by atoms with Gasteiger partial charge in [0.2, 0.25) is 5.91 Å². The van der Waals surface area contributed by atoms with E-state index in [4.69, 9.17) is 0 Å². The van der Waals surface area contributed by atoms with Gasteiger partial charge in [0.15, 0.2) is 0 Å². The summed E-state index contributed by atoms with van der Waals surface area (Å²) in [5, 5.41) is 15.9. The van der Waals surface area contributed by atoms with Crippen LogP contribution >= 0.6 is 0 Å². The van der Waals surface area contributed by atoms with Gasteiger partial charge in [0.05, 0.1) is 11.4 Å². The number of amides is 1.